The molecule has 0 aliphatic carbocycles. The zero-order chi connectivity index (χ0) is 22.2. The van der Waals surface area contributed by atoms with Gasteiger partial charge in [0.1, 0.15) is 11.3 Å². The molecule has 8 heteroatoms. The number of aryl methyl sites for hydroxylation is 2. The summed E-state index contributed by atoms with van der Waals surface area (Å²) in [6.07, 6.45) is 3.34. The van der Waals surface area contributed by atoms with Crippen LogP contribution in [0, 0.1) is 6.92 Å². The summed E-state index contributed by atoms with van der Waals surface area (Å²) in [6, 6.07) is 18.5. The second kappa shape index (κ2) is 7.66. The van der Waals surface area contributed by atoms with Gasteiger partial charge in [0, 0.05) is 30.0 Å². The number of fused-ring (bicyclic) bond motifs is 2. The summed E-state index contributed by atoms with van der Waals surface area (Å²) in [6.45, 7) is 1.87. The van der Waals surface area contributed by atoms with Gasteiger partial charge in [-0.3, -0.25) is 18.7 Å². The molecule has 0 aliphatic rings. The third-order valence-corrected chi connectivity index (χ3v) is 5.36. The molecule has 0 saturated heterocycles. The molecule has 5 aromatic rings. The van der Waals surface area contributed by atoms with Crippen molar-refractivity contribution >= 4 is 39.7 Å². The number of nitrogens with one attached hydrogen (secondary N) is 2. The van der Waals surface area contributed by atoms with Crippen LogP contribution in [0.4, 0.5) is 11.4 Å². The zero-order valence-corrected chi connectivity index (χ0v) is 17.5. The summed E-state index contributed by atoms with van der Waals surface area (Å²) in [5, 5.41) is 11.0. The van der Waals surface area contributed by atoms with E-state index < -0.39 is 0 Å². The summed E-state index contributed by atoms with van der Waals surface area (Å²) in [5.41, 5.74) is 4.49. The lowest BCUT2D eigenvalue weighted by molar-refractivity contribution is 0.101. The van der Waals surface area contributed by atoms with Crippen molar-refractivity contribution in [3.05, 3.63) is 90.0 Å². The molecule has 2 amide bonds. The first kappa shape index (κ1) is 19.5. The molecule has 2 N–H and O–H groups in total. The van der Waals surface area contributed by atoms with Gasteiger partial charge in [0.2, 0.25) is 0 Å². The van der Waals surface area contributed by atoms with Crippen LogP contribution in [0.25, 0.3) is 16.6 Å². The summed E-state index contributed by atoms with van der Waals surface area (Å²) >= 11 is 0. The molecular formula is C24H20N6O2. The largest absolute Gasteiger partial charge is 0.321 e. The van der Waals surface area contributed by atoms with E-state index in [1.54, 1.807) is 33.6 Å². The predicted molar refractivity (Wildman–Crippen MR) is 123 cm³/mol. The summed E-state index contributed by atoms with van der Waals surface area (Å²) in [4.78, 5) is 29.8. The minimum absolute atomic E-state index is 0.261. The van der Waals surface area contributed by atoms with Crippen LogP contribution < -0.4 is 10.6 Å². The average molecular weight is 424 g/mol. The van der Waals surface area contributed by atoms with E-state index in [1.807, 2.05) is 62.5 Å². The molecule has 0 spiro atoms. The van der Waals surface area contributed by atoms with E-state index in [0.29, 0.717) is 28.4 Å². The van der Waals surface area contributed by atoms with Gasteiger partial charge in [-0.05, 0) is 48.9 Å². The highest BCUT2D eigenvalue weighted by molar-refractivity contribution is 6.11. The first-order valence-electron chi connectivity index (χ1n) is 10.1. The number of hydrogen-bond acceptors (Lipinski definition) is 4. The van der Waals surface area contributed by atoms with Crippen molar-refractivity contribution in [1.82, 2.24) is 19.2 Å². The maximum Gasteiger partial charge on any atom is 0.276 e. The fourth-order valence-corrected chi connectivity index (χ4v) is 3.74. The van der Waals surface area contributed by atoms with Crippen molar-refractivity contribution < 1.29 is 9.59 Å². The van der Waals surface area contributed by atoms with Crippen LogP contribution in [-0.2, 0) is 7.05 Å². The molecule has 0 radical (unpaired) electrons. The quantitative estimate of drug-likeness (QED) is 0.455. The van der Waals surface area contributed by atoms with Crippen molar-refractivity contribution in [2.24, 2.45) is 7.05 Å². The topological polar surface area (TPSA) is 93.3 Å². The Morgan fingerprint density at radius 3 is 2.59 bits per heavy atom. The number of aromatic nitrogens is 4. The molecule has 0 unspecified atom stereocenters. The van der Waals surface area contributed by atoms with Crippen LogP contribution >= 0.6 is 0 Å². The van der Waals surface area contributed by atoms with Gasteiger partial charge in [0.15, 0.2) is 5.69 Å². The van der Waals surface area contributed by atoms with Gasteiger partial charge in [-0.1, -0.05) is 24.3 Å². The minimum Gasteiger partial charge on any atom is -0.321 e. The van der Waals surface area contributed by atoms with E-state index in [1.165, 1.54) is 0 Å². The summed E-state index contributed by atoms with van der Waals surface area (Å²) < 4.78 is 3.42. The average Bonchev–Trinajstić information content (AvgIpc) is 3.37. The van der Waals surface area contributed by atoms with Gasteiger partial charge in [-0.15, -0.1) is 0 Å². The van der Waals surface area contributed by atoms with Crippen LogP contribution in [0.5, 0.6) is 0 Å². The summed E-state index contributed by atoms with van der Waals surface area (Å²) in [5.74, 6) is -0.549. The number of carbonyl (C=O) groups excluding carboxylic acids is 2. The van der Waals surface area contributed by atoms with Crippen LogP contribution in [-0.4, -0.2) is 31.0 Å². The Labute approximate surface area is 183 Å². The van der Waals surface area contributed by atoms with Gasteiger partial charge in [-0.25, -0.2) is 4.98 Å². The summed E-state index contributed by atoms with van der Waals surface area (Å²) in [7, 11) is 1.81. The second-order valence-electron chi connectivity index (χ2n) is 7.50. The number of anilines is 2. The zero-order valence-electron chi connectivity index (χ0n) is 17.5. The smallest absolute Gasteiger partial charge is 0.276 e. The van der Waals surface area contributed by atoms with E-state index >= 15 is 0 Å². The van der Waals surface area contributed by atoms with Gasteiger partial charge in [0.25, 0.3) is 11.8 Å². The van der Waals surface area contributed by atoms with Crippen molar-refractivity contribution in [1.29, 1.82) is 0 Å². The second-order valence-corrected chi connectivity index (χ2v) is 7.50. The monoisotopic (exact) mass is 424 g/mol. The van der Waals surface area contributed by atoms with Gasteiger partial charge < -0.3 is 10.6 Å². The highest BCUT2D eigenvalue weighted by Gasteiger charge is 2.17. The SMILES string of the molecule is Cc1cc(NC(=O)c2nn(C)c3ccccc23)ccc1NC(=O)c1cnc2ccccn12. The molecule has 0 atom stereocenters. The first-order chi connectivity index (χ1) is 15.5. The Morgan fingerprint density at radius 2 is 1.75 bits per heavy atom. The first-order valence-corrected chi connectivity index (χ1v) is 10.1. The van der Waals surface area contributed by atoms with E-state index in [4.69, 9.17) is 0 Å². The molecule has 0 bridgehead atoms. The Balaban J connectivity index is 1.35. The molecule has 8 nitrogen and oxygen atoms in total. The minimum atomic E-state index is -0.288. The fourth-order valence-electron chi connectivity index (χ4n) is 3.74. The lowest BCUT2D eigenvalue weighted by Crippen LogP contribution is -2.16. The Bertz CT molecular complexity index is 1500. The van der Waals surface area contributed by atoms with Crippen LogP contribution in [0.15, 0.2) is 73.1 Å². The van der Waals surface area contributed by atoms with Gasteiger partial charge in [-0.2, -0.15) is 5.10 Å². The Hall–Kier alpha value is -4.46. The van der Waals surface area contributed by atoms with Gasteiger partial charge in [0.05, 0.1) is 11.7 Å². The number of carbonyl (C=O) groups is 2. The standard InChI is InChI=1S/C24H20N6O2/c1-15-13-16(26-24(32)22-17-7-3-4-8-19(17)29(2)28-22)10-11-18(15)27-23(31)20-14-25-21-9-5-6-12-30(20)21/h3-14H,1-2H3,(H,26,32)(H,27,31). The number of para-hydroxylation sites is 1. The predicted octanol–water partition coefficient (Wildman–Crippen LogP) is 4.03. The normalized spacial score (nSPS) is 11.1. The number of amides is 2. The number of nitrogens with zero attached hydrogens (tertiary/aromatic N) is 4. The molecule has 32 heavy (non-hydrogen) atoms. The maximum absolute atomic E-state index is 12.8. The molecule has 5 rings (SSSR count). The molecule has 2 aromatic carbocycles. The number of pyridine rings is 1. The van der Waals surface area contributed by atoms with Crippen LogP contribution in [0.1, 0.15) is 26.5 Å². The lowest BCUT2D eigenvalue weighted by atomic mass is 10.1. The highest BCUT2D eigenvalue weighted by atomic mass is 16.2. The number of rotatable bonds is 4. The van der Waals surface area contributed by atoms with Crippen LogP contribution in [0.2, 0.25) is 0 Å². The van der Waals surface area contributed by atoms with Crippen molar-refractivity contribution in [2.45, 2.75) is 6.92 Å². The number of imidazole rings is 1. The van der Waals surface area contributed by atoms with Crippen molar-refractivity contribution in [3.8, 4) is 0 Å². The third kappa shape index (κ3) is 3.37. The van der Waals surface area contributed by atoms with E-state index in [2.05, 4.69) is 20.7 Å². The Morgan fingerprint density at radius 1 is 0.938 bits per heavy atom. The molecule has 0 fully saturated rings. The van der Waals surface area contributed by atoms with E-state index in [0.717, 1.165) is 16.5 Å². The fraction of sp³-hybridized carbons (Fsp3) is 0.0833. The number of benzene rings is 2. The molecule has 158 valence electrons. The molecule has 3 heterocycles. The Kier molecular flexibility index (Phi) is 4.67. The highest BCUT2D eigenvalue weighted by Crippen LogP contribution is 2.23. The van der Waals surface area contributed by atoms with Gasteiger partial charge >= 0.3 is 0 Å². The molecular weight excluding hydrogens is 404 g/mol. The third-order valence-electron chi connectivity index (χ3n) is 5.36. The molecule has 0 aliphatic heterocycles. The molecule has 3 aromatic heterocycles. The van der Waals surface area contributed by atoms with E-state index in [9.17, 15) is 9.59 Å². The number of hydrogen-bond donors (Lipinski definition) is 2. The van der Waals surface area contributed by atoms with Crippen molar-refractivity contribution in [2.75, 3.05) is 10.6 Å². The van der Waals surface area contributed by atoms with Crippen molar-refractivity contribution in [3.63, 3.8) is 0 Å². The van der Waals surface area contributed by atoms with E-state index in [-0.39, 0.29) is 11.8 Å². The van der Waals surface area contributed by atoms with Crippen LogP contribution in [0.3, 0.4) is 0 Å². The maximum atomic E-state index is 12.8. The lowest BCUT2D eigenvalue weighted by Gasteiger charge is -2.11. The molecule has 0 saturated carbocycles.